The molecule has 2 aromatic carbocycles. The van der Waals surface area contributed by atoms with Crippen molar-refractivity contribution in [2.45, 2.75) is 0 Å². The molecule has 0 unspecified atom stereocenters. The number of aromatic nitrogens is 4. The van der Waals surface area contributed by atoms with Crippen LogP contribution in [0.25, 0.3) is 27.5 Å². The molecule has 1 N–H and O–H groups in total. The van der Waals surface area contributed by atoms with Gasteiger partial charge in [0.05, 0.1) is 22.9 Å². The molecule has 0 radical (unpaired) electrons. The van der Waals surface area contributed by atoms with Crippen molar-refractivity contribution >= 4 is 27.8 Å². The largest absolute Gasteiger partial charge is 0.476 e. The van der Waals surface area contributed by atoms with Crippen LogP contribution in [-0.4, -0.2) is 31.1 Å². The normalized spacial score (nSPS) is 11.1. The minimum Gasteiger partial charge on any atom is -0.476 e. The second-order valence-corrected chi connectivity index (χ2v) is 4.85. The third kappa shape index (κ3) is 1.81. The van der Waals surface area contributed by atoms with E-state index in [1.165, 1.54) is 10.9 Å². The van der Waals surface area contributed by atoms with E-state index < -0.39 is 5.97 Å². The molecule has 0 saturated carbocycles. The smallest absolute Gasteiger partial charge is 0.358 e. The lowest BCUT2D eigenvalue weighted by Gasteiger charge is -2.09. The van der Waals surface area contributed by atoms with Gasteiger partial charge in [0, 0.05) is 10.8 Å². The maximum atomic E-state index is 11.0. The Morgan fingerprint density at radius 2 is 1.55 bits per heavy atom. The van der Waals surface area contributed by atoms with Crippen LogP contribution < -0.4 is 0 Å². The Morgan fingerprint density at radius 1 is 0.955 bits per heavy atom. The zero-order valence-electron chi connectivity index (χ0n) is 11.3. The first-order valence-corrected chi connectivity index (χ1v) is 6.67. The molecule has 4 rings (SSSR count). The van der Waals surface area contributed by atoms with E-state index in [9.17, 15) is 4.79 Å². The third-order valence-corrected chi connectivity index (χ3v) is 3.50. The number of nitrogens with zero attached hydrogens (tertiary/aromatic N) is 4. The van der Waals surface area contributed by atoms with E-state index in [1.807, 2.05) is 48.5 Å². The maximum absolute atomic E-state index is 11.0. The standard InChI is InChI=1S/C16H10N4O2/c21-16(22)14-9-20(19-18-14)15-10-5-1-3-7-12(10)17-13-8-4-2-6-11(13)15/h1-9H,(H,21,22). The first-order chi connectivity index (χ1) is 10.7. The van der Waals surface area contributed by atoms with E-state index in [1.54, 1.807) is 0 Å². The lowest BCUT2D eigenvalue weighted by molar-refractivity contribution is 0.0690. The Kier molecular flexibility index (Phi) is 2.62. The van der Waals surface area contributed by atoms with Gasteiger partial charge in [-0.1, -0.05) is 41.6 Å². The molecule has 4 aromatic rings. The summed E-state index contributed by atoms with van der Waals surface area (Å²) < 4.78 is 1.50. The monoisotopic (exact) mass is 290 g/mol. The highest BCUT2D eigenvalue weighted by Crippen LogP contribution is 2.28. The number of benzene rings is 2. The van der Waals surface area contributed by atoms with E-state index in [0.29, 0.717) is 0 Å². The average Bonchev–Trinajstić information content (AvgIpc) is 3.02. The fraction of sp³-hybridized carbons (Fsp3) is 0. The number of hydrogen-bond donors (Lipinski definition) is 1. The van der Waals surface area contributed by atoms with Crippen molar-refractivity contribution < 1.29 is 9.90 Å². The summed E-state index contributed by atoms with van der Waals surface area (Å²) in [6, 6.07) is 15.4. The van der Waals surface area contributed by atoms with Crippen LogP contribution in [0.4, 0.5) is 0 Å². The molecule has 0 spiro atoms. The lowest BCUT2D eigenvalue weighted by Crippen LogP contribution is -1.99. The SMILES string of the molecule is O=C(O)c1cn(-c2c3ccccc3nc3ccccc23)nn1. The van der Waals surface area contributed by atoms with Crippen LogP contribution in [0.15, 0.2) is 54.7 Å². The van der Waals surface area contributed by atoms with Crippen LogP contribution in [0.3, 0.4) is 0 Å². The molecule has 0 aliphatic carbocycles. The summed E-state index contributed by atoms with van der Waals surface area (Å²) in [6.45, 7) is 0. The highest BCUT2D eigenvalue weighted by atomic mass is 16.4. The van der Waals surface area contributed by atoms with E-state index in [4.69, 9.17) is 5.11 Å². The van der Waals surface area contributed by atoms with E-state index >= 15 is 0 Å². The number of carboxylic acid groups (broad SMARTS) is 1. The number of carboxylic acids is 1. The molecule has 2 heterocycles. The predicted octanol–water partition coefficient (Wildman–Crippen LogP) is 2.67. The summed E-state index contributed by atoms with van der Waals surface area (Å²) in [6.07, 6.45) is 1.41. The highest BCUT2D eigenvalue weighted by Gasteiger charge is 2.14. The third-order valence-electron chi connectivity index (χ3n) is 3.50. The van der Waals surface area contributed by atoms with Crippen molar-refractivity contribution in [1.82, 2.24) is 20.0 Å². The van der Waals surface area contributed by atoms with Crippen molar-refractivity contribution in [2.75, 3.05) is 0 Å². The Hall–Kier alpha value is -3.28. The van der Waals surface area contributed by atoms with Gasteiger partial charge in [0.2, 0.25) is 0 Å². The van der Waals surface area contributed by atoms with Crippen LogP contribution >= 0.6 is 0 Å². The minimum atomic E-state index is -1.10. The molecular formula is C16H10N4O2. The molecule has 106 valence electrons. The zero-order chi connectivity index (χ0) is 15.1. The molecule has 0 aliphatic heterocycles. The Balaban J connectivity index is 2.13. The van der Waals surface area contributed by atoms with Gasteiger partial charge in [0.15, 0.2) is 5.69 Å². The molecule has 6 heteroatoms. The van der Waals surface area contributed by atoms with Crippen molar-refractivity contribution in [1.29, 1.82) is 0 Å². The van der Waals surface area contributed by atoms with Gasteiger partial charge >= 0.3 is 5.97 Å². The van der Waals surface area contributed by atoms with Gasteiger partial charge in [-0.05, 0) is 12.1 Å². The maximum Gasteiger partial charge on any atom is 0.358 e. The predicted molar refractivity (Wildman–Crippen MR) is 81.1 cm³/mol. The summed E-state index contributed by atoms with van der Waals surface area (Å²) in [5.74, 6) is -1.10. The van der Waals surface area contributed by atoms with E-state index in [-0.39, 0.29) is 5.69 Å². The van der Waals surface area contributed by atoms with Gasteiger partial charge in [0.1, 0.15) is 0 Å². The van der Waals surface area contributed by atoms with Gasteiger partial charge in [-0.15, -0.1) is 5.10 Å². The van der Waals surface area contributed by atoms with E-state index in [2.05, 4.69) is 15.3 Å². The van der Waals surface area contributed by atoms with Gasteiger partial charge < -0.3 is 5.11 Å². The summed E-state index contributed by atoms with van der Waals surface area (Å²) in [5, 5.41) is 18.5. The van der Waals surface area contributed by atoms with Crippen LogP contribution in [0.5, 0.6) is 0 Å². The van der Waals surface area contributed by atoms with Crippen molar-refractivity contribution in [3.63, 3.8) is 0 Å². The summed E-state index contributed by atoms with van der Waals surface area (Å²) >= 11 is 0. The fourth-order valence-electron chi connectivity index (χ4n) is 2.54. The van der Waals surface area contributed by atoms with Gasteiger partial charge in [0.25, 0.3) is 0 Å². The van der Waals surface area contributed by atoms with Gasteiger partial charge in [-0.3, -0.25) is 0 Å². The highest BCUT2D eigenvalue weighted by molar-refractivity contribution is 6.03. The summed E-state index contributed by atoms with van der Waals surface area (Å²) in [5.41, 5.74) is 2.33. The summed E-state index contributed by atoms with van der Waals surface area (Å²) in [7, 11) is 0. The van der Waals surface area contributed by atoms with Crippen LogP contribution in [0.1, 0.15) is 10.5 Å². The number of carbonyl (C=O) groups is 1. The molecule has 22 heavy (non-hydrogen) atoms. The Morgan fingerprint density at radius 3 is 2.09 bits per heavy atom. The van der Waals surface area contributed by atoms with E-state index in [0.717, 1.165) is 27.5 Å². The second kappa shape index (κ2) is 4.63. The number of hydrogen-bond acceptors (Lipinski definition) is 4. The summed E-state index contributed by atoms with van der Waals surface area (Å²) in [4.78, 5) is 15.7. The van der Waals surface area contributed by atoms with Crippen LogP contribution in [0, 0.1) is 0 Å². The average molecular weight is 290 g/mol. The molecule has 2 aromatic heterocycles. The van der Waals surface area contributed by atoms with Crippen LogP contribution in [-0.2, 0) is 0 Å². The topological polar surface area (TPSA) is 80.9 Å². The first kappa shape index (κ1) is 12.5. The molecule has 0 fully saturated rings. The lowest BCUT2D eigenvalue weighted by atomic mass is 10.1. The Bertz CT molecular complexity index is 969. The number of fused-ring (bicyclic) bond motifs is 2. The zero-order valence-corrected chi connectivity index (χ0v) is 11.3. The number of para-hydroxylation sites is 2. The number of pyridine rings is 1. The van der Waals surface area contributed by atoms with Gasteiger partial charge in [-0.25, -0.2) is 14.5 Å². The second-order valence-electron chi connectivity index (χ2n) is 4.85. The molecule has 0 saturated heterocycles. The fourth-order valence-corrected chi connectivity index (χ4v) is 2.54. The van der Waals surface area contributed by atoms with Crippen molar-refractivity contribution in [3.05, 3.63) is 60.4 Å². The molecule has 0 amide bonds. The molecule has 6 nitrogen and oxygen atoms in total. The molecule has 0 atom stereocenters. The molecule has 0 aliphatic rings. The van der Waals surface area contributed by atoms with Gasteiger partial charge in [-0.2, -0.15) is 0 Å². The first-order valence-electron chi connectivity index (χ1n) is 6.67. The van der Waals surface area contributed by atoms with Crippen LogP contribution in [0.2, 0.25) is 0 Å². The number of aromatic carboxylic acids is 1. The van der Waals surface area contributed by atoms with Crippen molar-refractivity contribution in [2.24, 2.45) is 0 Å². The quantitative estimate of drug-likeness (QED) is 0.574. The Labute approximate surface area is 124 Å². The minimum absolute atomic E-state index is 0.0926. The molecule has 0 bridgehead atoms. The molecular weight excluding hydrogens is 280 g/mol. The number of rotatable bonds is 2. The van der Waals surface area contributed by atoms with Crippen molar-refractivity contribution in [3.8, 4) is 5.69 Å².